The molecule has 1 aromatic heterocycles. The minimum atomic E-state index is -0.150. The molecule has 0 fully saturated rings. The monoisotopic (exact) mass is 279 g/mol. The van der Waals surface area contributed by atoms with E-state index in [0.29, 0.717) is 10.7 Å². The number of benzene rings is 1. The van der Waals surface area contributed by atoms with Gasteiger partial charge in [-0.25, -0.2) is 0 Å². The molecule has 0 spiro atoms. The second kappa shape index (κ2) is 5.23. The number of rotatable bonds is 3. The molecule has 1 N–H and O–H groups in total. The predicted octanol–water partition coefficient (Wildman–Crippen LogP) is 2.47. The Morgan fingerprint density at radius 3 is 2.63 bits per heavy atom. The van der Waals surface area contributed by atoms with Crippen molar-refractivity contribution >= 4 is 28.4 Å². The van der Waals surface area contributed by atoms with Crippen LogP contribution in [-0.2, 0) is 7.05 Å². The average Bonchev–Trinajstić information content (AvgIpc) is 2.62. The van der Waals surface area contributed by atoms with Crippen LogP contribution in [0.2, 0.25) is 5.15 Å². The van der Waals surface area contributed by atoms with E-state index in [2.05, 4.69) is 5.32 Å². The molecule has 1 atom stereocenters. The van der Waals surface area contributed by atoms with Crippen LogP contribution in [0.25, 0.3) is 10.9 Å². The Balaban J connectivity index is 2.45. The zero-order chi connectivity index (χ0) is 14.2. The number of aromatic nitrogens is 1. The van der Waals surface area contributed by atoms with Gasteiger partial charge in [-0.05, 0) is 27.1 Å². The summed E-state index contributed by atoms with van der Waals surface area (Å²) in [4.78, 5) is 14.3. The van der Waals surface area contributed by atoms with Gasteiger partial charge in [0.25, 0.3) is 5.91 Å². The van der Waals surface area contributed by atoms with Crippen LogP contribution in [-0.4, -0.2) is 35.6 Å². The highest BCUT2D eigenvalue weighted by atomic mass is 35.5. The second-order valence-electron chi connectivity index (χ2n) is 4.86. The van der Waals surface area contributed by atoms with E-state index in [1.165, 1.54) is 0 Å². The average molecular weight is 280 g/mol. The Morgan fingerprint density at radius 1 is 1.37 bits per heavy atom. The third-order valence-electron chi connectivity index (χ3n) is 3.38. The van der Waals surface area contributed by atoms with E-state index >= 15 is 0 Å². The van der Waals surface area contributed by atoms with Crippen molar-refractivity contribution in [3.05, 3.63) is 35.0 Å². The Morgan fingerprint density at radius 2 is 2.00 bits per heavy atom. The van der Waals surface area contributed by atoms with E-state index in [0.717, 1.165) is 10.9 Å². The lowest BCUT2D eigenvalue weighted by Crippen LogP contribution is -2.42. The van der Waals surface area contributed by atoms with Crippen LogP contribution in [0.15, 0.2) is 24.3 Å². The predicted molar refractivity (Wildman–Crippen MR) is 78.5 cm³/mol. The molecule has 102 valence electrons. The number of amides is 1. The van der Waals surface area contributed by atoms with Gasteiger partial charge in [0.2, 0.25) is 0 Å². The smallest absolute Gasteiger partial charge is 0.256 e. The molecule has 0 radical (unpaired) electrons. The summed E-state index contributed by atoms with van der Waals surface area (Å²) < 4.78 is 1.83. The van der Waals surface area contributed by atoms with Crippen molar-refractivity contribution in [3.8, 4) is 0 Å². The Kier molecular flexibility index (Phi) is 3.83. The number of halogens is 1. The molecular weight excluding hydrogens is 262 g/mol. The first-order chi connectivity index (χ1) is 8.93. The molecule has 0 aliphatic rings. The summed E-state index contributed by atoms with van der Waals surface area (Å²) in [6, 6.07) is 7.71. The van der Waals surface area contributed by atoms with Crippen molar-refractivity contribution in [1.82, 2.24) is 14.8 Å². The van der Waals surface area contributed by atoms with E-state index < -0.39 is 0 Å². The van der Waals surface area contributed by atoms with Crippen LogP contribution < -0.4 is 5.32 Å². The second-order valence-corrected chi connectivity index (χ2v) is 5.21. The number of fused-ring (bicyclic) bond motifs is 1. The maximum atomic E-state index is 12.4. The molecule has 19 heavy (non-hydrogen) atoms. The number of hydrogen-bond acceptors (Lipinski definition) is 2. The highest BCUT2D eigenvalue weighted by Crippen LogP contribution is 2.28. The quantitative estimate of drug-likeness (QED) is 0.877. The molecule has 0 aliphatic heterocycles. The standard InChI is InChI=1S/C14H18ClN3O/c1-9(17(2)3)16-14(19)12-10-7-5-6-8-11(10)18(4)13(12)15/h5-9H,1-4H3,(H,16,19). The lowest BCUT2D eigenvalue weighted by Gasteiger charge is -2.20. The number of nitrogens with one attached hydrogen (secondary N) is 1. The fourth-order valence-electron chi connectivity index (χ4n) is 1.97. The summed E-state index contributed by atoms with van der Waals surface area (Å²) in [6.07, 6.45) is -0.0532. The molecule has 1 heterocycles. The topological polar surface area (TPSA) is 37.3 Å². The molecule has 1 aromatic carbocycles. The summed E-state index contributed by atoms with van der Waals surface area (Å²) in [5.74, 6) is -0.150. The molecule has 0 aliphatic carbocycles. The molecular formula is C14H18ClN3O. The van der Waals surface area contributed by atoms with Gasteiger partial charge in [0.1, 0.15) is 5.15 Å². The normalized spacial score (nSPS) is 12.9. The molecule has 2 aromatic rings. The fraction of sp³-hybridized carbons (Fsp3) is 0.357. The minimum Gasteiger partial charge on any atom is -0.337 e. The molecule has 0 saturated carbocycles. The van der Waals surface area contributed by atoms with Gasteiger partial charge < -0.3 is 9.88 Å². The SMILES string of the molecule is CC(NC(=O)c1c(Cl)n(C)c2ccccc12)N(C)C. The first kappa shape index (κ1) is 13.9. The Bertz CT molecular complexity index is 618. The summed E-state index contributed by atoms with van der Waals surface area (Å²) in [5.41, 5.74) is 1.49. The lowest BCUT2D eigenvalue weighted by molar-refractivity contribution is 0.0902. The van der Waals surface area contributed by atoms with Crippen LogP contribution in [0, 0.1) is 0 Å². The molecule has 0 bridgehead atoms. The van der Waals surface area contributed by atoms with E-state index in [9.17, 15) is 4.79 Å². The molecule has 5 heteroatoms. The highest BCUT2D eigenvalue weighted by molar-refractivity contribution is 6.35. The van der Waals surface area contributed by atoms with Crippen molar-refractivity contribution in [3.63, 3.8) is 0 Å². The van der Waals surface area contributed by atoms with E-state index in [1.807, 2.05) is 61.8 Å². The third kappa shape index (κ3) is 2.46. The molecule has 1 unspecified atom stereocenters. The maximum Gasteiger partial charge on any atom is 0.256 e. The number of hydrogen-bond donors (Lipinski definition) is 1. The number of carbonyl (C=O) groups excluding carboxylic acids is 1. The van der Waals surface area contributed by atoms with Crippen molar-refractivity contribution in [2.45, 2.75) is 13.1 Å². The van der Waals surface area contributed by atoms with Gasteiger partial charge in [0.05, 0.1) is 11.7 Å². The van der Waals surface area contributed by atoms with Crippen molar-refractivity contribution in [1.29, 1.82) is 0 Å². The van der Waals surface area contributed by atoms with Crippen molar-refractivity contribution in [2.75, 3.05) is 14.1 Å². The van der Waals surface area contributed by atoms with Gasteiger partial charge in [0.15, 0.2) is 0 Å². The van der Waals surface area contributed by atoms with Gasteiger partial charge in [-0.15, -0.1) is 0 Å². The first-order valence-corrected chi connectivity index (χ1v) is 6.51. The summed E-state index contributed by atoms with van der Waals surface area (Å²) in [5, 5.41) is 4.27. The lowest BCUT2D eigenvalue weighted by atomic mass is 10.1. The molecule has 0 saturated heterocycles. The first-order valence-electron chi connectivity index (χ1n) is 6.13. The minimum absolute atomic E-state index is 0.0532. The maximum absolute atomic E-state index is 12.4. The van der Waals surface area contributed by atoms with E-state index in [1.54, 1.807) is 0 Å². The molecule has 4 nitrogen and oxygen atoms in total. The van der Waals surface area contributed by atoms with E-state index in [4.69, 9.17) is 11.6 Å². The van der Waals surface area contributed by atoms with Crippen LogP contribution >= 0.6 is 11.6 Å². The molecule has 2 rings (SSSR count). The summed E-state index contributed by atoms with van der Waals surface area (Å²) >= 11 is 6.28. The third-order valence-corrected chi connectivity index (χ3v) is 3.82. The Hall–Kier alpha value is -1.52. The van der Waals surface area contributed by atoms with Crippen molar-refractivity contribution < 1.29 is 4.79 Å². The number of aryl methyl sites for hydroxylation is 1. The largest absolute Gasteiger partial charge is 0.337 e. The molecule has 1 amide bonds. The Labute approximate surface area is 117 Å². The van der Waals surface area contributed by atoms with Gasteiger partial charge in [-0.2, -0.15) is 0 Å². The zero-order valence-corrected chi connectivity index (χ0v) is 12.3. The van der Waals surface area contributed by atoms with Crippen molar-refractivity contribution in [2.24, 2.45) is 7.05 Å². The van der Waals surface area contributed by atoms with Gasteiger partial charge in [-0.3, -0.25) is 9.69 Å². The van der Waals surface area contributed by atoms with Crippen LogP contribution in [0.1, 0.15) is 17.3 Å². The van der Waals surface area contributed by atoms with Gasteiger partial charge in [-0.1, -0.05) is 29.8 Å². The van der Waals surface area contributed by atoms with Crippen LogP contribution in [0.3, 0.4) is 0 Å². The van der Waals surface area contributed by atoms with Crippen LogP contribution in [0.5, 0.6) is 0 Å². The summed E-state index contributed by atoms with van der Waals surface area (Å²) in [6.45, 7) is 1.93. The van der Waals surface area contributed by atoms with Gasteiger partial charge >= 0.3 is 0 Å². The summed E-state index contributed by atoms with van der Waals surface area (Å²) in [7, 11) is 5.68. The van der Waals surface area contributed by atoms with Gasteiger partial charge in [0, 0.05) is 18.0 Å². The van der Waals surface area contributed by atoms with E-state index in [-0.39, 0.29) is 12.1 Å². The number of carbonyl (C=O) groups is 1. The zero-order valence-electron chi connectivity index (χ0n) is 11.6. The van der Waals surface area contributed by atoms with Crippen LogP contribution in [0.4, 0.5) is 0 Å². The fourth-order valence-corrected chi connectivity index (χ4v) is 2.25. The number of para-hydroxylation sites is 1. The highest BCUT2D eigenvalue weighted by Gasteiger charge is 2.21. The number of nitrogens with zero attached hydrogens (tertiary/aromatic N) is 2.